The molecule has 0 atom stereocenters. The van der Waals surface area contributed by atoms with Gasteiger partial charge < -0.3 is 16.2 Å². The van der Waals surface area contributed by atoms with Gasteiger partial charge in [-0.05, 0) is 30.8 Å². The number of nitrogens with two attached hydrogens (primary N) is 2. The molecule has 1 aliphatic rings. The van der Waals surface area contributed by atoms with Crippen LogP contribution in [0, 0.1) is 0 Å². The summed E-state index contributed by atoms with van der Waals surface area (Å²) in [6, 6.07) is 14.1. The Kier molecular flexibility index (Phi) is 8.02. The molecule has 2 aromatic carbocycles. The van der Waals surface area contributed by atoms with E-state index in [1.165, 1.54) is 7.05 Å². The summed E-state index contributed by atoms with van der Waals surface area (Å²) in [7, 11) is 1.50. The molecule has 3 rings (SSSR count). The fourth-order valence-corrected chi connectivity index (χ4v) is 2.16. The van der Waals surface area contributed by atoms with Crippen LogP contribution in [0.15, 0.2) is 48.5 Å². The van der Waals surface area contributed by atoms with E-state index in [2.05, 4.69) is 10.5 Å². The Bertz CT molecular complexity index is 757. The van der Waals surface area contributed by atoms with E-state index in [0.717, 1.165) is 5.56 Å². The predicted octanol–water partition coefficient (Wildman–Crippen LogP) is 2.36. The summed E-state index contributed by atoms with van der Waals surface area (Å²) >= 11 is 0. The number of carbonyl (C=O) groups is 3. The Labute approximate surface area is 146 Å². The SMILES string of the molecule is CCC(=O)c1ccccc1N.CN.O=C1Cc2ccccc2C(=O)O1. The number of benzene rings is 2. The maximum atomic E-state index is 11.2. The molecule has 0 aliphatic carbocycles. The molecule has 0 fully saturated rings. The molecule has 0 bridgehead atoms. The number of Topliss-reactive ketones (excluding diaryl/α,β-unsaturated/α-hetero) is 1. The molecule has 2 aromatic rings. The first-order chi connectivity index (χ1) is 12.0. The van der Waals surface area contributed by atoms with Crippen molar-refractivity contribution < 1.29 is 19.1 Å². The summed E-state index contributed by atoms with van der Waals surface area (Å²) in [6.07, 6.45) is 0.704. The topological polar surface area (TPSA) is 112 Å². The number of cyclic esters (lactones) is 2. The molecular weight excluding hydrogens is 320 g/mol. The molecule has 25 heavy (non-hydrogen) atoms. The lowest BCUT2D eigenvalue weighted by Crippen LogP contribution is -2.22. The Morgan fingerprint density at radius 3 is 2.28 bits per heavy atom. The predicted molar refractivity (Wildman–Crippen MR) is 96.2 cm³/mol. The van der Waals surface area contributed by atoms with Crippen LogP contribution in [-0.4, -0.2) is 24.8 Å². The Hall–Kier alpha value is -2.99. The van der Waals surface area contributed by atoms with Gasteiger partial charge in [0.15, 0.2) is 5.78 Å². The van der Waals surface area contributed by atoms with Gasteiger partial charge in [-0.2, -0.15) is 0 Å². The lowest BCUT2D eigenvalue weighted by atomic mass is 10.0. The number of rotatable bonds is 2. The number of para-hydroxylation sites is 1. The van der Waals surface area contributed by atoms with Gasteiger partial charge >= 0.3 is 11.9 Å². The van der Waals surface area contributed by atoms with Gasteiger partial charge in [0.25, 0.3) is 0 Å². The summed E-state index contributed by atoms with van der Waals surface area (Å²) < 4.78 is 4.43. The third-order valence-corrected chi connectivity index (χ3v) is 3.36. The Morgan fingerprint density at radius 2 is 1.64 bits per heavy atom. The number of hydrogen-bond acceptors (Lipinski definition) is 6. The average molecular weight is 342 g/mol. The molecule has 1 aliphatic heterocycles. The molecule has 132 valence electrons. The van der Waals surface area contributed by atoms with Crippen molar-refractivity contribution in [3.8, 4) is 0 Å². The van der Waals surface area contributed by atoms with Gasteiger partial charge in [0.2, 0.25) is 0 Å². The van der Waals surface area contributed by atoms with E-state index in [0.29, 0.717) is 23.2 Å². The van der Waals surface area contributed by atoms with Crippen LogP contribution in [0.4, 0.5) is 5.69 Å². The fourth-order valence-electron chi connectivity index (χ4n) is 2.16. The smallest absolute Gasteiger partial charge is 0.346 e. The van der Waals surface area contributed by atoms with E-state index in [-0.39, 0.29) is 12.2 Å². The molecule has 0 saturated heterocycles. The summed E-state index contributed by atoms with van der Waals surface area (Å²) in [5.41, 5.74) is 12.5. The fraction of sp³-hybridized carbons (Fsp3) is 0.211. The van der Waals surface area contributed by atoms with Crippen molar-refractivity contribution in [3.63, 3.8) is 0 Å². The van der Waals surface area contributed by atoms with E-state index in [4.69, 9.17) is 5.73 Å². The highest BCUT2D eigenvalue weighted by Gasteiger charge is 2.23. The zero-order valence-corrected chi connectivity index (χ0v) is 14.3. The number of carbonyl (C=O) groups excluding carboxylic acids is 3. The second kappa shape index (κ2) is 10.00. The normalized spacial score (nSPS) is 11.8. The number of fused-ring (bicyclic) bond motifs is 1. The lowest BCUT2D eigenvalue weighted by molar-refractivity contribution is -0.137. The van der Waals surface area contributed by atoms with Crippen molar-refractivity contribution in [3.05, 3.63) is 65.2 Å². The van der Waals surface area contributed by atoms with Gasteiger partial charge in [0, 0.05) is 17.7 Å². The third kappa shape index (κ3) is 5.54. The standard InChI is InChI=1S/C9H11NO.C9H6O3.CH5N/c1-2-9(11)7-5-3-4-6-8(7)10;10-8-5-6-3-1-2-4-7(6)9(11)12-8;1-2/h3-6H,2,10H2,1H3;1-4H,5H2;2H2,1H3. The molecule has 4 N–H and O–H groups in total. The third-order valence-electron chi connectivity index (χ3n) is 3.36. The molecule has 1 heterocycles. The Morgan fingerprint density at radius 1 is 1.04 bits per heavy atom. The van der Waals surface area contributed by atoms with Gasteiger partial charge in [-0.15, -0.1) is 0 Å². The van der Waals surface area contributed by atoms with E-state index in [9.17, 15) is 14.4 Å². The number of ketones is 1. The molecule has 6 heteroatoms. The lowest BCUT2D eigenvalue weighted by Gasteiger charge is -2.12. The van der Waals surface area contributed by atoms with Gasteiger partial charge in [-0.3, -0.25) is 9.59 Å². The summed E-state index contributed by atoms with van der Waals surface area (Å²) in [4.78, 5) is 33.0. The van der Waals surface area contributed by atoms with Crippen molar-refractivity contribution in [1.82, 2.24) is 0 Å². The summed E-state index contributed by atoms with van der Waals surface area (Å²) in [6.45, 7) is 1.83. The molecule has 0 amide bonds. The van der Waals surface area contributed by atoms with E-state index in [1.54, 1.807) is 36.4 Å². The minimum atomic E-state index is -0.540. The average Bonchev–Trinajstić information content (AvgIpc) is 2.63. The van der Waals surface area contributed by atoms with Crippen LogP contribution in [-0.2, 0) is 16.0 Å². The maximum Gasteiger partial charge on any atom is 0.346 e. The quantitative estimate of drug-likeness (QED) is 0.375. The van der Waals surface area contributed by atoms with Crippen LogP contribution in [0.25, 0.3) is 0 Å². The van der Waals surface area contributed by atoms with E-state index < -0.39 is 11.9 Å². The zero-order chi connectivity index (χ0) is 18.8. The van der Waals surface area contributed by atoms with Crippen LogP contribution < -0.4 is 11.5 Å². The second-order valence-corrected chi connectivity index (χ2v) is 4.96. The monoisotopic (exact) mass is 342 g/mol. The van der Waals surface area contributed by atoms with Crippen LogP contribution >= 0.6 is 0 Å². The van der Waals surface area contributed by atoms with Gasteiger partial charge in [-0.1, -0.05) is 37.3 Å². The summed E-state index contributed by atoms with van der Waals surface area (Å²) in [5.74, 6) is -0.913. The number of hydrogen-bond donors (Lipinski definition) is 2. The van der Waals surface area contributed by atoms with Crippen LogP contribution in [0.3, 0.4) is 0 Å². The number of esters is 2. The highest BCUT2D eigenvalue weighted by molar-refractivity contribution is 6.02. The van der Waals surface area contributed by atoms with Crippen LogP contribution in [0.2, 0.25) is 0 Å². The van der Waals surface area contributed by atoms with Crippen molar-refractivity contribution in [1.29, 1.82) is 0 Å². The first kappa shape index (κ1) is 20.1. The highest BCUT2D eigenvalue weighted by atomic mass is 16.6. The van der Waals surface area contributed by atoms with Gasteiger partial charge in [0.1, 0.15) is 0 Å². The Balaban J connectivity index is 0.000000229. The number of anilines is 1. The number of nitrogen functional groups attached to an aromatic ring is 1. The summed E-state index contributed by atoms with van der Waals surface area (Å²) in [5, 5.41) is 0. The molecule has 0 radical (unpaired) electrons. The van der Waals surface area contributed by atoms with Crippen molar-refractivity contribution in [2.75, 3.05) is 12.8 Å². The zero-order valence-electron chi connectivity index (χ0n) is 14.3. The van der Waals surface area contributed by atoms with Crippen molar-refractivity contribution in [2.24, 2.45) is 5.73 Å². The van der Waals surface area contributed by atoms with Crippen LogP contribution in [0.5, 0.6) is 0 Å². The molecule has 0 unspecified atom stereocenters. The molecule has 0 saturated carbocycles. The van der Waals surface area contributed by atoms with E-state index >= 15 is 0 Å². The van der Waals surface area contributed by atoms with Crippen molar-refractivity contribution in [2.45, 2.75) is 19.8 Å². The molecule has 0 aromatic heterocycles. The first-order valence-corrected chi connectivity index (χ1v) is 7.81. The van der Waals surface area contributed by atoms with Gasteiger partial charge in [-0.25, -0.2) is 4.79 Å². The van der Waals surface area contributed by atoms with Crippen LogP contribution in [0.1, 0.15) is 39.6 Å². The largest absolute Gasteiger partial charge is 0.398 e. The first-order valence-electron chi connectivity index (χ1n) is 7.81. The molecule has 0 spiro atoms. The van der Waals surface area contributed by atoms with Gasteiger partial charge in [0.05, 0.1) is 12.0 Å². The van der Waals surface area contributed by atoms with Crippen molar-refractivity contribution >= 4 is 23.4 Å². The molecule has 6 nitrogen and oxygen atoms in total. The van der Waals surface area contributed by atoms with E-state index in [1.807, 2.05) is 19.1 Å². The maximum absolute atomic E-state index is 11.2. The minimum absolute atomic E-state index is 0.100. The molecular formula is C19H22N2O4. The highest BCUT2D eigenvalue weighted by Crippen LogP contribution is 2.16. The minimum Gasteiger partial charge on any atom is -0.398 e. The number of ether oxygens (including phenoxy) is 1. The second-order valence-electron chi connectivity index (χ2n) is 4.96.